The summed E-state index contributed by atoms with van der Waals surface area (Å²) in [4.78, 5) is 13.3. The van der Waals surface area contributed by atoms with Gasteiger partial charge >= 0.3 is 6.09 Å². The van der Waals surface area contributed by atoms with Crippen molar-refractivity contribution in [1.29, 1.82) is 0 Å². The summed E-state index contributed by atoms with van der Waals surface area (Å²) in [6.07, 6.45) is 4.88. The highest BCUT2D eigenvalue weighted by Crippen LogP contribution is 2.31. The third-order valence-electron chi connectivity index (χ3n) is 3.81. The highest BCUT2D eigenvalue weighted by Gasteiger charge is 2.14. The van der Waals surface area contributed by atoms with Crippen molar-refractivity contribution in [3.05, 3.63) is 41.8 Å². The molecule has 124 valence electrons. The van der Waals surface area contributed by atoms with E-state index >= 15 is 0 Å². The molecule has 0 spiro atoms. The van der Waals surface area contributed by atoms with E-state index in [0.29, 0.717) is 0 Å². The first kappa shape index (κ1) is 17.5. The number of amides is 1. The van der Waals surface area contributed by atoms with Gasteiger partial charge in [-0.25, -0.2) is 4.79 Å². The Morgan fingerprint density at radius 1 is 1.17 bits per heavy atom. The number of carbonyl (C=O) groups is 1. The summed E-state index contributed by atoms with van der Waals surface area (Å²) >= 11 is 1.66. The maximum Gasteiger partial charge on any atom is 0.411 e. The van der Waals surface area contributed by atoms with Crippen molar-refractivity contribution >= 4 is 23.1 Å². The number of rotatable bonds is 8. The molecule has 1 atom stereocenters. The molecule has 0 aliphatic heterocycles. The number of para-hydroxylation sites is 1. The summed E-state index contributed by atoms with van der Waals surface area (Å²) in [6, 6.07) is 11.9. The van der Waals surface area contributed by atoms with Crippen LogP contribution >= 0.6 is 11.3 Å². The van der Waals surface area contributed by atoms with Crippen LogP contribution in [0.5, 0.6) is 0 Å². The van der Waals surface area contributed by atoms with Crippen LogP contribution < -0.4 is 5.32 Å². The number of hydrogen-bond acceptors (Lipinski definition) is 3. The van der Waals surface area contributed by atoms with Crippen LogP contribution in [0.2, 0.25) is 0 Å². The third kappa shape index (κ3) is 5.39. The summed E-state index contributed by atoms with van der Waals surface area (Å²) in [6.45, 7) is 4.24. The van der Waals surface area contributed by atoms with Gasteiger partial charge in [-0.1, -0.05) is 51.0 Å². The number of ether oxygens (including phenoxy) is 1. The first-order valence-electron chi connectivity index (χ1n) is 8.35. The van der Waals surface area contributed by atoms with Gasteiger partial charge in [0.1, 0.15) is 6.10 Å². The van der Waals surface area contributed by atoms with Crippen LogP contribution in [0, 0.1) is 0 Å². The molecule has 3 nitrogen and oxygen atoms in total. The second kappa shape index (κ2) is 9.36. The number of nitrogens with one attached hydrogen (secondary N) is 1. The molecule has 23 heavy (non-hydrogen) atoms. The maximum atomic E-state index is 12.2. The topological polar surface area (TPSA) is 38.3 Å². The number of unbranched alkanes of at least 4 members (excludes halogenated alkanes) is 2. The van der Waals surface area contributed by atoms with Crippen LogP contribution in [0.15, 0.2) is 41.8 Å². The minimum atomic E-state index is -0.364. The molecule has 0 fully saturated rings. The van der Waals surface area contributed by atoms with Gasteiger partial charge in [-0.05, 0) is 36.8 Å². The lowest BCUT2D eigenvalue weighted by Gasteiger charge is -2.17. The smallest absolute Gasteiger partial charge is 0.411 e. The first-order chi connectivity index (χ1) is 11.2. The SMILES string of the molecule is CCCCCC(CC)OC(=O)Nc1ccccc1-c1cccs1. The normalized spacial score (nSPS) is 11.9. The molecule has 0 aliphatic carbocycles. The molecule has 0 radical (unpaired) electrons. The molecule has 2 aromatic rings. The number of benzene rings is 1. The van der Waals surface area contributed by atoms with Gasteiger partial charge in [0.15, 0.2) is 0 Å². The first-order valence-corrected chi connectivity index (χ1v) is 9.23. The molecule has 1 amide bonds. The van der Waals surface area contributed by atoms with Gasteiger partial charge < -0.3 is 4.74 Å². The molecule has 1 heterocycles. The second-order valence-corrected chi connectivity index (χ2v) is 6.53. The Hall–Kier alpha value is -1.81. The fourth-order valence-electron chi connectivity index (χ4n) is 2.50. The van der Waals surface area contributed by atoms with E-state index in [0.717, 1.165) is 35.4 Å². The highest BCUT2D eigenvalue weighted by atomic mass is 32.1. The van der Waals surface area contributed by atoms with E-state index in [9.17, 15) is 4.79 Å². The van der Waals surface area contributed by atoms with Gasteiger partial charge in [-0.2, -0.15) is 0 Å². The zero-order valence-electron chi connectivity index (χ0n) is 13.9. The Morgan fingerprint density at radius 3 is 2.70 bits per heavy atom. The van der Waals surface area contributed by atoms with Crippen LogP contribution in [0.4, 0.5) is 10.5 Å². The molecular formula is C19H25NO2S. The van der Waals surface area contributed by atoms with Gasteiger partial charge in [0.25, 0.3) is 0 Å². The minimum Gasteiger partial charge on any atom is -0.446 e. The van der Waals surface area contributed by atoms with Gasteiger partial charge in [0.05, 0.1) is 5.69 Å². The Bertz CT molecular complexity index is 595. The van der Waals surface area contributed by atoms with Crippen molar-refractivity contribution in [2.45, 2.75) is 52.1 Å². The van der Waals surface area contributed by atoms with E-state index in [1.807, 2.05) is 35.7 Å². The van der Waals surface area contributed by atoms with E-state index in [4.69, 9.17) is 4.74 Å². The zero-order valence-corrected chi connectivity index (χ0v) is 14.7. The van der Waals surface area contributed by atoms with Gasteiger partial charge in [0, 0.05) is 10.4 Å². The fraction of sp³-hybridized carbons (Fsp3) is 0.421. The Kier molecular flexibility index (Phi) is 7.14. The number of thiophene rings is 1. The molecule has 1 N–H and O–H groups in total. The van der Waals surface area contributed by atoms with Crippen LogP contribution in [-0.2, 0) is 4.74 Å². The van der Waals surface area contributed by atoms with Crippen molar-refractivity contribution < 1.29 is 9.53 Å². The molecular weight excluding hydrogens is 306 g/mol. The standard InChI is InChI=1S/C19H25NO2S/c1-3-5-6-10-15(4-2)22-19(21)20-17-12-8-7-11-16(17)18-13-9-14-23-18/h7-9,11-15H,3-6,10H2,1-2H3,(H,20,21). The quantitative estimate of drug-likeness (QED) is 0.575. The molecule has 2 rings (SSSR count). The molecule has 1 aromatic heterocycles. The van der Waals surface area contributed by atoms with Crippen LogP contribution in [0.25, 0.3) is 10.4 Å². The molecule has 1 unspecified atom stereocenters. The Morgan fingerprint density at radius 2 is 2.00 bits per heavy atom. The molecule has 0 bridgehead atoms. The lowest BCUT2D eigenvalue weighted by molar-refractivity contribution is 0.101. The zero-order chi connectivity index (χ0) is 16.5. The largest absolute Gasteiger partial charge is 0.446 e. The predicted octanol–water partition coefficient (Wildman–Crippen LogP) is 6.32. The predicted molar refractivity (Wildman–Crippen MR) is 98.1 cm³/mol. The summed E-state index contributed by atoms with van der Waals surface area (Å²) in [5.74, 6) is 0. The summed E-state index contributed by atoms with van der Waals surface area (Å²) < 4.78 is 5.58. The van der Waals surface area contributed by atoms with E-state index in [1.165, 1.54) is 12.8 Å². The molecule has 1 aromatic carbocycles. The van der Waals surface area contributed by atoms with Crippen LogP contribution in [0.3, 0.4) is 0 Å². The molecule has 4 heteroatoms. The maximum absolute atomic E-state index is 12.2. The molecule has 0 saturated carbocycles. The van der Waals surface area contributed by atoms with Crippen molar-refractivity contribution in [3.8, 4) is 10.4 Å². The number of hydrogen-bond donors (Lipinski definition) is 1. The average molecular weight is 331 g/mol. The third-order valence-corrected chi connectivity index (χ3v) is 4.71. The number of anilines is 1. The van der Waals surface area contributed by atoms with Crippen molar-refractivity contribution in [2.24, 2.45) is 0 Å². The lowest BCUT2D eigenvalue weighted by Crippen LogP contribution is -2.22. The summed E-state index contributed by atoms with van der Waals surface area (Å²) in [7, 11) is 0. The van der Waals surface area contributed by atoms with Crippen LogP contribution in [0.1, 0.15) is 46.0 Å². The average Bonchev–Trinajstić information content (AvgIpc) is 3.09. The summed E-state index contributed by atoms with van der Waals surface area (Å²) in [5.41, 5.74) is 1.82. The number of carbonyl (C=O) groups excluding carboxylic acids is 1. The second-order valence-electron chi connectivity index (χ2n) is 5.58. The van der Waals surface area contributed by atoms with Gasteiger partial charge in [-0.3, -0.25) is 5.32 Å². The lowest BCUT2D eigenvalue weighted by atomic mass is 10.1. The summed E-state index contributed by atoms with van der Waals surface area (Å²) in [5, 5.41) is 4.93. The van der Waals surface area contributed by atoms with Gasteiger partial charge in [-0.15, -0.1) is 11.3 Å². The van der Waals surface area contributed by atoms with Crippen LogP contribution in [-0.4, -0.2) is 12.2 Å². The molecule has 0 saturated heterocycles. The Labute approximate surface area is 142 Å². The Balaban J connectivity index is 1.97. The molecule has 0 aliphatic rings. The van der Waals surface area contributed by atoms with E-state index < -0.39 is 0 Å². The van der Waals surface area contributed by atoms with E-state index in [-0.39, 0.29) is 12.2 Å². The highest BCUT2D eigenvalue weighted by molar-refractivity contribution is 7.13. The van der Waals surface area contributed by atoms with E-state index in [2.05, 4.69) is 25.2 Å². The van der Waals surface area contributed by atoms with Crippen molar-refractivity contribution in [3.63, 3.8) is 0 Å². The van der Waals surface area contributed by atoms with Crippen molar-refractivity contribution in [2.75, 3.05) is 5.32 Å². The fourth-order valence-corrected chi connectivity index (χ4v) is 3.26. The monoisotopic (exact) mass is 331 g/mol. The van der Waals surface area contributed by atoms with Crippen molar-refractivity contribution in [1.82, 2.24) is 0 Å². The van der Waals surface area contributed by atoms with E-state index in [1.54, 1.807) is 11.3 Å². The minimum absolute atomic E-state index is 0.00421. The van der Waals surface area contributed by atoms with Gasteiger partial charge in [0.2, 0.25) is 0 Å².